The molecule has 1 aromatic carbocycles. The number of carbonyl (C=O) groups excluding carboxylic acids is 1. The zero-order valence-electron chi connectivity index (χ0n) is 9.59. The van der Waals surface area contributed by atoms with Gasteiger partial charge in [0.2, 0.25) is 0 Å². The van der Waals surface area contributed by atoms with E-state index in [-0.39, 0.29) is 6.61 Å². The van der Waals surface area contributed by atoms with E-state index in [1.54, 1.807) is 0 Å². The summed E-state index contributed by atoms with van der Waals surface area (Å²) in [4.78, 5) is 11.4. The van der Waals surface area contributed by atoms with Crippen LogP contribution in [-0.2, 0) is 15.1 Å². The zero-order valence-corrected chi connectivity index (χ0v) is 10.3. The molecule has 19 heavy (non-hydrogen) atoms. The first-order valence-corrected chi connectivity index (χ1v) is 5.44. The highest BCUT2D eigenvalue weighted by atomic mass is 35.5. The number of hydrogen-bond acceptors (Lipinski definition) is 3. The Hall–Kier alpha value is -1.34. The van der Waals surface area contributed by atoms with Crippen LogP contribution in [0.2, 0.25) is 5.02 Å². The van der Waals surface area contributed by atoms with Gasteiger partial charge in [-0.3, -0.25) is 0 Å². The largest absolute Gasteiger partial charge is 0.463 e. The summed E-state index contributed by atoms with van der Waals surface area (Å²) in [6, 6.07) is 1.76. The molecule has 1 aromatic rings. The van der Waals surface area contributed by atoms with Gasteiger partial charge in [0.1, 0.15) is 5.82 Å². The molecule has 0 saturated heterocycles. The van der Waals surface area contributed by atoms with Gasteiger partial charge >= 0.3 is 12.1 Å². The first-order valence-electron chi connectivity index (χ1n) is 5.06. The molecule has 8 heteroatoms. The van der Waals surface area contributed by atoms with E-state index in [1.807, 2.05) is 0 Å². The van der Waals surface area contributed by atoms with E-state index in [1.165, 1.54) is 6.92 Å². The third-order valence-corrected chi connectivity index (χ3v) is 2.61. The topological polar surface area (TPSA) is 46.5 Å². The van der Waals surface area contributed by atoms with E-state index in [4.69, 9.17) is 11.6 Å². The standard InChI is InChI=1S/C11H9ClF4O3/c1-2-19-9(17)10(18,11(14,15)16)6-3-4-8(13)7(12)5-6/h3-5,18H,2H2,1H3. The van der Waals surface area contributed by atoms with Crippen molar-refractivity contribution >= 4 is 17.6 Å². The van der Waals surface area contributed by atoms with E-state index in [9.17, 15) is 27.5 Å². The smallest absolute Gasteiger partial charge is 0.432 e. The van der Waals surface area contributed by atoms with Crippen LogP contribution >= 0.6 is 11.6 Å². The average Bonchev–Trinajstić information content (AvgIpc) is 2.30. The van der Waals surface area contributed by atoms with E-state index in [0.717, 1.165) is 0 Å². The monoisotopic (exact) mass is 300 g/mol. The van der Waals surface area contributed by atoms with Crippen LogP contribution in [0.1, 0.15) is 12.5 Å². The number of benzene rings is 1. The lowest BCUT2D eigenvalue weighted by Gasteiger charge is -2.28. The molecule has 1 rings (SSSR count). The Morgan fingerprint density at radius 3 is 2.42 bits per heavy atom. The van der Waals surface area contributed by atoms with Crippen LogP contribution in [0.4, 0.5) is 17.6 Å². The fraction of sp³-hybridized carbons (Fsp3) is 0.364. The lowest BCUT2D eigenvalue weighted by molar-refractivity contribution is -0.267. The van der Waals surface area contributed by atoms with Crippen LogP contribution in [-0.4, -0.2) is 23.9 Å². The van der Waals surface area contributed by atoms with Crippen molar-refractivity contribution in [3.63, 3.8) is 0 Å². The van der Waals surface area contributed by atoms with Crippen molar-refractivity contribution in [2.24, 2.45) is 0 Å². The highest BCUT2D eigenvalue weighted by Crippen LogP contribution is 2.41. The Kier molecular flexibility index (Phi) is 4.42. The van der Waals surface area contributed by atoms with Crippen LogP contribution in [0, 0.1) is 5.82 Å². The maximum absolute atomic E-state index is 12.9. The third-order valence-electron chi connectivity index (χ3n) is 2.32. The second-order valence-electron chi connectivity index (χ2n) is 3.56. The quantitative estimate of drug-likeness (QED) is 0.690. The van der Waals surface area contributed by atoms with E-state index in [2.05, 4.69) is 4.74 Å². The molecule has 0 aliphatic heterocycles. The van der Waals surface area contributed by atoms with Crippen molar-refractivity contribution in [1.29, 1.82) is 0 Å². The summed E-state index contributed by atoms with van der Waals surface area (Å²) in [6.45, 7) is 0.929. The lowest BCUT2D eigenvalue weighted by Crippen LogP contribution is -2.50. The Balaban J connectivity index is 3.39. The summed E-state index contributed by atoms with van der Waals surface area (Å²) in [7, 11) is 0. The normalized spacial score (nSPS) is 14.9. The van der Waals surface area contributed by atoms with Gasteiger partial charge in [-0.15, -0.1) is 0 Å². The minimum Gasteiger partial charge on any atom is -0.463 e. The molecule has 0 bridgehead atoms. The van der Waals surface area contributed by atoms with E-state index >= 15 is 0 Å². The second-order valence-corrected chi connectivity index (χ2v) is 3.96. The van der Waals surface area contributed by atoms with Crippen molar-refractivity contribution in [2.45, 2.75) is 18.7 Å². The summed E-state index contributed by atoms with van der Waals surface area (Å²) in [5.74, 6) is -2.87. The molecular weight excluding hydrogens is 292 g/mol. The molecule has 0 heterocycles. The summed E-state index contributed by atoms with van der Waals surface area (Å²) < 4.78 is 55.9. The van der Waals surface area contributed by atoms with Gasteiger partial charge in [0.25, 0.3) is 5.60 Å². The molecule has 0 aliphatic carbocycles. The second kappa shape index (κ2) is 5.34. The predicted octanol–water partition coefficient (Wildman–Crippen LogP) is 2.79. The van der Waals surface area contributed by atoms with E-state index in [0.29, 0.717) is 18.2 Å². The van der Waals surface area contributed by atoms with Gasteiger partial charge < -0.3 is 9.84 Å². The minimum atomic E-state index is -5.33. The third kappa shape index (κ3) is 2.82. The fourth-order valence-electron chi connectivity index (χ4n) is 1.35. The number of ether oxygens (including phenoxy) is 1. The first kappa shape index (κ1) is 15.7. The van der Waals surface area contributed by atoms with Crippen molar-refractivity contribution in [3.05, 3.63) is 34.6 Å². The number of aliphatic hydroxyl groups is 1. The SMILES string of the molecule is CCOC(=O)C(O)(c1ccc(F)c(Cl)c1)C(F)(F)F. The van der Waals surface area contributed by atoms with Gasteiger partial charge in [0, 0.05) is 5.56 Å². The van der Waals surface area contributed by atoms with Crippen molar-refractivity contribution in [3.8, 4) is 0 Å². The molecule has 0 aromatic heterocycles. The van der Waals surface area contributed by atoms with Crippen molar-refractivity contribution in [1.82, 2.24) is 0 Å². The molecule has 106 valence electrons. The molecule has 0 spiro atoms. The fourth-order valence-corrected chi connectivity index (χ4v) is 1.53. The number of esters is 1. The van der Waals surface area contributed by atoms with Gasteiger partial charge in [-0.2, -0.15) is 13.2 Å². The number of halogens is 5. The average molecular weight is 301 g/mol. The Labute approximate surface area is 110 Å². The zero-order chi connectivity index (χ0) is 14.8. The molecule has 0 radical (unpaired) electrons. The van der Waals surface area contributed by atoms with Gasteiger partial charge in [0.15, 0.2) is 0 Å². The molecular formula is C11H9ClF4O3. The van der Waals surface area contributed by atoms with Crippen LogP contribution < -0.4 is 0 Å². The van der Waals surface area contributed by atoms with Crippen LogP contribution in [0.3, 0.4) is 0 Å². The Bertz CT molecular complexity index is 489. The molecule has 1 unspecified atom stereocenters. The Morgan fingerprint density at radius 1 is 1.42 bits per heavy atom. The molecule has 1 atom stereocenters. The predicted molar refractivity (Wildman–Crippen MR) is 58.0 cm³/mol. The highest BCUT2D eigenvalue weighted by molar-refractivity contribution is 6.30. The van der Waals surface area contributed by atoms with Crippen LogP contribution in [0.5, 0.6) is 0 Å². The number of rotatable bonds is 3. The van der Waals surface area contributed by atoms with Gasteiger partial charge in [-0.1, -0.05) is 17.7 Å². The minimum absolute atomic E-state index is 0.355. The number of alkyl halides is 3. The molecule has 3 nitrogen and oxygen atoms in total. The number of carbonyl (C=O) groups is 1. The van der Waals surface area contributed by atoms with Gasteiger partial charge in [-0.05, 0) is 19.1 Å². The molecule has 0 aliphatic rings. The molecule has 0 saturated carbocycles. The maximum Gasteiger partial charge on any atom is 0.432 e. The van der Waals surface area contributed by atoms with Gasteiger partial charge in [0.05, 0.1) is 11.6 Å². The van der Waals surface area contributed by atoms with Crippen LogP contribution in [0.25, 0.3) is 0 Å². The summed E-state index contributed by atoms with van der Waals surface area (Å²) >= 11 is 5.35. The highest BCUT2D eigenvalue weighted by Gasteiger charge is 2.62. The summed E-state index contributed by atoms with van der Waals surface area (Å²) in [6.07, 6.45) is -5.33. The summed E-state index contributed by atoms with van der Waals surface area (Å²) in [5, 5.41) is 9.00. The first-order chi connectivity index (χ1) is 8.64. The van der Waals surface area contributed by atoms with Crippen molar-refractivity contribution in [2.75, 3.05) is 6.61 Å². The molecule has 0 fully saturated rings. The van der Waals surface area contributed by atoms with Gasteiger partial charge in [-0.25, -0.2) is 9.18 Å². The number of hydrogen-bond donors (Lipinski definition) is 1. The van der Waals surface area contributed by atoms with Crippen molar-refractivity contribution < 1.29 is 32.2 Å². The molecule has 1 N–H and O–H groups in total. The van der Waals surface area contributed by atoms with Crippen LogP contribution in [0.15, 0.2) is 18.2 Å². The van der Waals surface area contributed by atoms with E-state index < -0.39 is 34.1 Å². The maximum atomic E-state index is 12.9. The lowest BCUT2D eigenvalue weighted by atomic mass is 9.93. The molecule has 0 amide bonds. The summed E-state index contributed by atoms with van der Waals surface area (Å²) in [5.41, 5.74) is -4.80. The Morgan fingerprint density at radius 2 is 2.00 bits per heavy atom.